The molecule has 25 heavy (non-hydrogen) atoms. The molecule has 1 aliphatic carbocycles. The van der Waals surface area contributed by atoms with Gasteiger partial charge in [0.2, 0.25) is 0 Å². The van der Waals surface area contributed by atoms with Crippen LogP contribution in [0.1, 0.15) is 54.8 Å². The standard InChI is InChI=1S/C22H27NO2/c1-23-13-10-16-14-19(24)20(25)15-18(16)21(23)22(11-6-3-7-12-22)17-8-4-2-5-9-17/h2,4-5,8-9,14-15,21,24-25H,3,6-7,10-13H2,1H3. The molecule has 1 unspecified atom stereocenters. The minimum atomic E-state index is -0.00179. The molecule has 0 amide bonds. The molecule has 0 saturated heterocycles. The average molecular weight is 337 g/mol. The van der Waals surface area contributed by atoms with E-state index in [-0.39, 0.29) is 23.0 Å². The van der Waals surface area contributed by atoms with E-state index in [1.807, 2.05) is 6.07 Å². The molecular weight excluding hydrogens is 310 g/mol. The van der Waals surface area contributed by atoms with Gasteiger partial charge in [0.15, 0.2) is 11.5 Å². The lowest BCUT2D eigenvalue weighted by atomic mass is 9.61. The molecule has 1 aliphatic heterocycles. The van der Waals surface area contributed by atoms with Gasteiger partial charge in [0.05, 0.1) is 0 Å². The first-order chi connectivity index (χ1) is 12.1. The number of nitrogens with zero attached hydrogens (tertiary/aromatic N) is 1. The smallest absolute Gasteiger partial charge is 0.157 e. The number of hydrogen-bond donors (Lipinski definition) is 2. The van der Waals surface area contributed by atoms with E-state index in [2.05, 4.69) is 42.3 Å². The number of rotatable bonds is 2. The summed E-state index contributed by atoms with van der Waals surface area (Å²) in [4.78, 5) is 2.46. The summed E-state index contributed by atoms with van der Waals surface area (Å²) in [5.74, 6) is -0.00229. The van der Waals surface area contributed by atoms with Gasteiger partial charge in [-0.25, -0.2) is 0 Å². The molecule has 3 heteroatoms. The first kappa shape index (κ1) is 16.5. The highest BCUT2D eigenvalue weighted by Gasteiger charge is 2.46. The molecule has 2 aromatic carbocycles. The summed E-state index contributed by atoms with van der Waals surface area (Å²) in [5, 5.41) is 20.1. The largest absolute Gasteiger partial charge is 0.504 e. The summed E-state index contributed by atoms with van der Waals surface area (Å²) in [7, 11) is 2.21. The quantitative estimate of drug-likeness (QED) is 0.791. The number of aromatic hydroxyl groups is 2. The zero-order chi connectivity index (χ0) is 17.4. The maximum absolute atomic E-state index is 10.2. The summed E-state index contributed by atoms with van der Waals surface area (Å²) in [6.45, 7) is 0.983. The number of likely N-dealkylation sites (N-methyl/N-ethyl adjacent to an activating group) is 1. The Morgan fingerprint density at radius 2 is 1.64 bits per heavy atom. The highest BCUT2D eigenvalue weighted by atomic mass is 16.3. The number of fused-ring (bicyclic) bond motifs is 1. The second-order valence-corrected chi connectivity index (χ2v) is 7.76. The van der Waals surface area contributed by atoms with Crippen molar-refractivity contribution >= 4 is 0 Å². The molecule has 132 valence electrons. The molecule has 0 radical (unpaired) electrons. The molecule has 0 spiro atoms. The Morgan fingerprint density at radius 3 is 2.36 bits per heavy atom. The van der Waals surface area contributed by atoms with E-state index in [0.29, 0.717) is 0 Å². The SMILES string of the molecule is CN1CCc2cc(O)c(O)cc2C1C1(c2ccccc2)CCCCC1. The van der Waals surface area contributed by atoms with Crippen molar-refractivity contribution in [1.29, 1.82) is 0 Å². The molecule has 0 bridgehead atoms. The lowest BCUT2D eigenvalue weighted by Gasteiger charge is -2.50. The van der Waals surface area contributed by atoms with Crippen LogP contribution in [0.3, 0.4) is 0 Å². The van der Waals surface area contributed by atoms with Crippen molar-refractivity contribution in [2.24, 2.45) is 0 Å². The van der Waals surface area contributed by atoms with E-state index in [0.717, 1.165) is 13.0 Å². The van der Waals surface area contributed by atoms with Crippen LogP contribution < -0.4 is 0 Å². The van der Waals surface area contributed by atoms with Gasteiger partial charge >= 0.3 is 0 Å². The molecule has 4 rings (SSSR count). The lowest BCUT2D eigenvalue weighted by molar-refractivity contribution is 0.0998. The molecule has 1 saturated carbocycles. The predicted molar refractivity (Wildman–Crippen MR) is 100 cm³/mol. The maximum atomic E-state index is 10.2. The molecule has 1 heterocycles. The fraction of sp³-hybridized carbons (Fsp3) is 0.455. The molecular formula is C22H27NO2. The molecule has 1 fully saturated rings. The summed E-state index contributed by atoms with van der Waals surface area (Å²) in [6.07, 6.45) is 7.07. The highest BCUT2D eigenvalue weighted by molar-refractivity contribution is 5.50. The summed E-state index contributed by atoms with van der Waals surface area (Å²) >= 11 is 0. The van der Waals surface area contributed by atoms with Crippen LogP contribution >= 0.6 is 0 Å². The Kier molecular flexibility index (Phi) is 4.20. The molecule has 1 atom stereocenters. The average Bonchev–Trinajstić information content (AvgIpc) is 2.64. The van der Waals surface area contributed by atoms with Crippen molar-refractivity contribution in [3.05, 3.63) is 59.2 Å². The van der Waals surface area contributed by atoms with Crippen molar-refractivity contribution in [2.45, 2.75) is 50.0 Å². The van der Waals surface area contributed by atoms with Crippen molar-refractivity contribution in [2.75, 3.05) is 13.6 Å². The normalized spacial score (nSPS) is 23.2. The third-order valence-corrected chi connectivity index (χ3v) is 6.32. The first-order valence-corrected chi connectivity index (χ1v) is 9.42. The topological polar surface area (TPSA) is 43.7 Å². The Morgan fingerprint density at radius 1 is 0.960 bits per heavy atom. The van der Waals surface area contributed by atoms with Crippen molar-refractivity contribution in [1.82, 2.24) is 4.90 Å². The number of hydrogen-bond acceptors (Lipinski definition) is 3. The molecule has 2 N–H and O–H groups in total. The van der Waals surface area contributed by atoms with Crippen molar-refractivity contribution in [3.8, 4) is 11.5 Å². The number of phenols is 2. The monoisotopic (exact) mass is 337 g/mol. The van der Waals surface area contributed by atoms with E-state index in [4.69, 9.17) is 0 Å². The second kappa shape index (κ2) is 6.38. The zero-order valence-electron chi connectivity index (χ0n) is 14.9. The Bertz CT molecular complexity index is 750. The molecule has 0 aromatic heterocycles. The van der Waals surface area contributed by atoms with Crippen LogP contribution in [0.15, 0.2) is 42.5 Å². The number of benzene rings is 2. The third-order valence-electron chi connectivity index (χ3n) is 6.32. The molecule has 2 aliphatic rings. The highest BCUT2D eigenvalue weighted by Crippen LogP contribution is 2.53. The molecule has 3 nitrogen and oxygen atoms in total. The minimum Gasteiger partial charge on any atom is -0.504 e. The maximum Gasteiger partial charge on any atom is 0.157 e. The van der Waals surface area contributed by atoms with Crippen LogP contribution in [-0.2, 0) is 11.8 Å². The van der Waals surface area contributed by atoms with Gasteiger partial charge in [0.25, 0.3) is 0 Å². The Labute approximate surface area is 149 Å². The first-order valence-electron chi connectivity index (χ1n) is 9.42. The summed E-state index contributed by atoms with van der Waals surface area (Å²) in [6, 6.07) is 14.7. The van der Waals surface area contributed by atoms with Crippen LogP contribution in [0.4, 0.5) is 0 Å². The van der Waals surface area contributed by atoms with Gasteiger partial charge in [-0.1, -0.05) is 49.6 Å². The minimum absolute atomic E-state index is 0.000502. The fourth-order valence-electron chi connectivity index (χ4n) is 5.16. The fourth-order valence-corrected chi connectivity index (χ4v) is 5.16. The van der Waals surface area contributed by atoms with Crippen molar-refractivity contribution in [3.63, 3.8) is 0 Å². The van der Waals surface area contributed by atoms with E-state index in [1.54, 1.807) is 6.07 Å². The van der Waals surface area contributed by atoms with Crippen LogP contribution in [0.25, 0.3) is 0 Å². The van der Waals surface area contributed by atoms with Crippen LogP contribution in [0.5, 0.6) is 11.5 Å². The van der Waals surface area contributed by atoms with Gasteiger partial charge in [-0.15, -0.1) is 0 Å². The predicted octanol–water partition coefficient (Wildman–Crippen LogP) is 4.53. The van der Waals surface area contributed by atoms with Crippen LogP contribution in [0, 0.1) is 0 Å². The second-order valence-electron chi connectivity index (χ2n) is 7.76. The summed E-state index contributed by atoms with van der Waals surface area (Å²) in [5.41, 5.74) is 3.85. The van der Waals surface area contributed by atoms with E-state index in [1.165, 1.54) is 48.8 Å². The van der Waals surface area contributed by atoms with Crippen molar-refractivity contribution < 1.29 is 10.2 Å². The van der Waals surface area contributed by atoms with Gasteiger partial charge in [-0.2, -0.15) is 0 Å². The van der Waals surface area contributed by atoms with Gasteiger partial charge < -0.3 is 10.2 Å². The van der Waals surface area contributed by atoms with E-state index < -0.39 is 0 Å². The van der Waals surface area contributed by atoms with Gasteiger partial charge in [0.1, 0.15) is 0 Å². The Balaban J connectivity index is 1.89. The van der Waals surface area contributed by atoms with Crippen LogP contribution in [-0.4, -0.2) is 28.7 Å². The van der Waals surface area contributed by atoms with Gasteiger partial charge in [-0.3, -0.25) is 4.90 Å². The van der Waals surface area contributed by atoms with Gasteiger partial charge in [0, 0.05) is 18.0 Å². The Hall–Kier alpha value is -2.00. The van der Waals surface area contributed by atoms with E-state index >= 15 is 0 Å². The van der Waals surface area contributed by atoms with E-state index in [9.17, 15) is 10.2 Å². The van der Waals surface area contributed by atoms with Gasteiger partial charge in [-0.05, 0) is 55.1 Å². The number of phenolic OH excluding ortho intramolecular Hbond substituents is 2. The summed E-state index contributed by atoms with van der Waals surface area (Å²) < 4.78 is 0. The third kappa shape index (κ3) is 2.71. The zero-order valence-corrected chi connectivity index (χ0v) is 14.9. The lowest BCUT2D eigenvalue weighted by Crippen LogP contribution is -2.47. The molecule has 2 aromatic rings. The van der Waals surface area contributed by atoms with Crippen LogP contribution in [0.2, 0.25) is 0 Å².